The molecule has 0 atom stereocenters. The Morgan fingerprint density at radius 2 is 1.80 bits per heavy atom. The molecule has 0 aromatic rings. The van der Waals surface area contributed by atoms with Crippen molar-refractivity contribution in [3.63, 3.8) is 0 Å². The van der Waals surface area contributed by atoms with E-state index >= 15 is 0 Å². The minimum absolute atomic E-state index is 0.931. The van der Waals surface area contributed by atoms with E-state index in [4.69, 9.17) is 8.44 Å². The van der Waals surface area contributed by atoms with Gasteiger partial charge in [0.25, 0.3) is 0 Å². The molecule has 3 nitrogen and oxygen atoms in total. The fourth-order valence-electron chi connectivity index (χ4n) is 2.00. The van der Waals surface area contributed by atoms with Crippen LogP contribution in [-0.2, 0) is 30.0 Å². The molecule has 0 aliphatic heterocycles. The average molecular weight is 292 g/mol. The van der Waals surface area contributed by atoms with Gasteiger partial charge in [0.2, 0.25) is 0 Å². The Bertz CT molecular complexity index is 259. The number of hydrogen-bond donors (Lipinski definition) is 0. The summed E-state index contributed by atoms with van der Waals surface area (Å²) < 4.78 is 18.0. The van der Waals surface area contributed by atoms with Crippen molar-refractivity contribution in [1.82, 2.24) is 0 Å². The van der Waals surface area contributed by atoms with E-state index in [1.165, 1.54) is 8.85 Å². The summed E-state index contributed by atoms with van der Waals surface area (Å²) in [6, 6.07) is 0. The summed E-state index contributed by atoms with van der Waals surface area (Å²) in [6.07, 6.45) is 7.51. The number of allylic oxidation sites excluding steroid dienone is 4. The molecule has 0 saturated heterocycles. The maximum absolute atomic E-state index is 5.56. The second-order valence-corrected chi connectivity index (χ2v) is 10.8. The summed E-state index contributed by atoms with van der Waals surface area (Å²) in [4.78, 5) is 0. The normalized spacial score (nSPS) is 16.5. The second kappa shape index (κ2) is 6.10. The van der Waals surface area contributed by atoms with Crippen LogP contribution in [0, 0.1) is 0 Å². The van der Waals surface area contributed by atoms with Crippen LogP contribution in [0.1, 0.15) is 26.2 Å². The van der Waals surface area contributed by atoms with Crippen molar-refractivity contribution in [2.75, 3.05) is 21.3 Å². The zero-order valence-electron chi connectivity index (χ0n) is 10.0. The first-order valence-corrected chi connectivity index (χ1v) is 9.52. The van der Waals surface area contributed by atoms with Crippen LogP contribution in [0.5, 0.6) is 0 Å². The molecule has 1 aliphatic carbocycles. The average Bonchev–Trinajstić information content (AvgIpc) is 2.71. The molecule has 0 radical (unpaired) electrons. The van der Waals surface area contributed by atoms with Crippen LogP contribution in [0.4, 0.5) is 0 Å². The summed E-state index contributed by atoms with van der Waals surface area (Å²) in [6.45, 7) is 2.18. The van der Waals surface area contributed by atoms with Crippen molar-refractivity contribution in [2.24, 2.45) is 0 Å². The quantitative estimate of drug-likeness (QED) is 0.753. The molecule has 0 saturated carbocycles. The zero-order chi connectivity index (χ0) is 11.3. The van der Waals surface area contributed by atoms with E-state index in [9.17, 15) is 0 Å². The third-order valence-electron chi connectivity index (χ3n) is 2.72. The second-order valence-electron chi connectivity index (χ2n) is 3.53. The van der Waals surface area contributed by atoms with Gasteiger partial charge in [-0.1, -0.05) is 0 Å². The van der Waals surface area contributed by atoms with E-state index in [1.54, 1.807) is 21.3 Å². The minimum atomic E-state index is -3.37. The third-order valence-corrected chi connectivity index (χ3v) is 9.80. The molecule has 1 rings (SSSR count). The summed E-state index contributed by atoms with van der Waals surface area (Å²) in [5.41, 5.74) is 1.36. The van der Waals surface area contributed by atoms with Crippen molar-refractivity contribution in [2.45, 2.75) is 26.2 Å². The molecule has 1 aliphatic rings. The van der Waals surface area contributed by atoms with Gasteiger partial charge in [0.05, 0.1) is 0 Å². The van der Waals surface area contributed by atoms with Crippen molar-refractivity contribution in [3.05, 3.63) is 21.0 Å². The molecule has 15 heavy (non-hydrogen) atoms. The SMILES string of the molecule is CCCC1=[C]([Zr]([O]C)([O]C)[O]C)CC=C1. The maximum atomic E-state index is 5.56. The molecule has 0 N–H and O–H groups in total. The molecule has 4 heteroatoms. The zero-order valence-corrected chi connectivity index (χ0v) is 12.5. The van der Waals surface area contributed by atoms with E-state index in [1.807, 2.05) is 0 Å². The van der Waals surface area contributed by atoms with E-state index in [2.05, 4.69) is 19.1 Å². The standard InChI is InChI=1S/C8H11.3CH3O.Zr/c1-2-5-8-6-3-4-7-8;3*1-2;/h3,6H,2,4-5H2,1H3;3*1H3;/q;3*-1;+3. The Labute approximate surface area is 98.4 Å². The molecule has 0 unspecified atom stereocenters. The molecular formula is C11H20O3Zr. The summed E-state index contributed by atoms with van der Waals surface area (Å²) >= 11 is -3.37. The van der Waals surface area contributed by atoms with Crippen LogP contribution in [0.2, 0.25) is 0 Å². The van der Waals surface area contributed by atoms with Gasteiger partial charge in [-0.15, -0.1) is 0 Å². The Morgan fingerprint density at radius 1 is 1.20 bits per heavy atom. The van der Waals surface area contributed by atoms with Crippen LogP contribution < -0.4 is 0 Å². The van der Waals surface area contributed by atoms with E-state index in [-0.39, 0.29) is 0 Å². The molecule has 0 spiro atoms. The molecule has 0 aromatic carbocycles. The molecule has 0 fully saturated rings. The fraction of sp³-hybridized carbons (Fsp3) is 0.636. The third kappa shape index (κ3) is 2.68. The molecular weight excluding hydrogens is 271 g/mol. The van der Waals surface area contributed by atoms with Crippen LogP contribution in [-0.4, -0.2) is 21.3 Å². The van der Waals surface area contributed by atoms with Gasteiger partial charge in [0.15, 0.2) is 0 Å². The summed E-state index contributed by atoms with van der Waals surface area (Å²) in [7, 11) is 5.08. The van der Waals surface area contributed by atoms with Crippen molar-refractivity contribution in [3.8, 4) is 0 Å². The van der Waals surface area contributed by atoms with Gasteiger partial charge in [-0.2, -0.15) is 0 Å². The van der Waals surface area contributed by atoms with Crippen molar-refractivity contribution >= 4 is 0 Å². The van der Waals surface area contributed by atoms with E-state index in [0.717, 1.165) is 19.3 Å². The molecule has 0 heterocycles. The predicted octanol–water partition coefficient (Wildman–Crippen LogP) is 2.84. The molecule has 0 bridgehead atoms. The van der Waals surface area contributed by atoms with E-state index < -0.39 is 21.6 Å². The Kier molecular flexibility index (Phi) is 5.41. The topological polar surface area (TPSA) is 27.7 Å². The number of hydrogen-bond acceptors (Lipinski definition) is 3. The van der Waals surface area contributed by atoms with Crippen LogP contribution in [0.3, 0.4) is 0 Å². The van der Waals surface area contributed by atoms with Gasteiger partial charge in [-0.3, -0.25) is 0 Å². The van der Waals surface area contributed by atoms with Gasteiger partial charge in [0.1, 0.15) is 0 Å². The van der Waals surface area contributed by atoms with Crippen LogP contribution >= 0.6 is 0 Å². The van der Waals surface area contributed by atoms with Crippen molar-refractivity contribution in [1.29, 1.82) is 0 Å². The van der Waals surface area contributed by atoms with Gasteiger partial charge >= 0.3 is 98.5 Å². The predicted molar refractivity (Wildman–Crippen MR) is 56.7 cm³/mol. The first kappa shape index (κ1) is 13.3. The van der Waals surface area contributed by atoms with E-state index in [0.29, 0.717) is 0 Å². The fourth-order valence-corrected chi connectivity index (χ4v) is 7.42. The Morgan fingerprint density at radius 3 is 2.27 bits per heavy atom. The van der Waals surface area contributed by atoms with Gasteiger partial charge < -0.3 is 0 Å². The number of rotatable bonds is 6. The summed E-state index contributed by atoms with van der Waals surface area (Å²) in [5.74, 6) is 0. The first-order valence-electron chi connectivity index (χ1n) is 5.28. The van der Waals surface area contributed by atoms with Gasteiger partial charge in [-0.05, 0) is 0 Å². The Balaban J connectivity index is 2.97. The van der Waals surface area contributed by atoms with Crippen LogP contribution in [0.15, 0.2) is 21.0 Å². The van der Waals surface area contributed by atoms with Crippen LogP contribution in [0.25, 0.3) is 0 Å². The molecule has 0 aromatic heterocycles. The monoisotopic (exact) mass is 290 g/mol. The van der Waals surface area contributed by atoms with Gasteiger partial charge in [-0.25, -0.2) is 0 Å². The molecule has 86 valence electrons. The molecule has 0 amide bonds. The summed E-state index contributed by atoms with van der Waals surface area (Å²) in [5, 5.41) is 0. The Hall–Kier alpha value is 0.243. The first-order chi connectivity index (χ1) is 7.24. The van der Waals surface area contributed by atoms with Gasteiger partial charge in [0, 0.05) is 0 Å². The van der Waals surface area contributed by atoms with Crippen molar-refractivity contribution < 1.29 is 30.0 Å².